The number of nitrogens with one attached hydrogen (secondary N) is 1. The molecule has 0 aromatic heterocycles. The summed E-state index contributed by atoms with van der Waals surface area (Å²) in [5.74, 6) is 0.122. The number of nitrogen functional groups attached to an aromatic ring is 1. The minimum absolute atomic E-state index is 0.00225. The maximum absolute atomic E-state index is 13.2. The number of carbonyl (C=O) groups is 1. The zero-order valence-electron chi connectivity index (χ0n) is 18.5. The summed E-state index contributed by atoms with van der Waals surface area (Å²) in [5, 5.41) is 12.6. The molecule has 32 heavy (non-hydrogen) atoms. The molecule has 166 valence electrons. The number of aliphatic hydroxyl groups excluding tert-OH is 1. The number of benzene rings is 3. The SMILES string of the molecule is Cc1ccc(-c2ccc(N)c(NC(=O)C(C)C3CCc4ccc(CO)cc4C3)c2I)cc1. The Balaban J connectivity index is 1.53. The predicted molar refractivity (Wildman–Crippen MR) is 139 cm³/mol. The zero-order valence-corrected chi connectivity index (χ0v) is 20.6. The Morgan fingerprint density at radius 3 is 2.62 bits per heavy atom. The van der Waals surface area contributed by atoms with E-state index in [0.717, 1.165) is 39.5 Å². The second-order valence-electron chi connectivity index (χ2n) is 8.80. The lowest BCUT2D eigenvalue weighted by molar-refractivity contribution is -0.121. The number of nitrogens with two attached hydrogens (primary N) is 1. The van der Waals surface area contributed by atoms with E-state index < -0.39 is 0 Å². The fourth-order valence-electron chi connectivity index (χ4n) is 4.49. The number of hydrogen-bond acceptors (Lipinski definition) is 3. The molecule has 0 spiro atoms. The Labute approximate surface area is 203 Å². The summed E-state index contributed by atoms with van der Waals surface area (Å²) in [6.45, 7) is 4.12. The first-order valence-electron chi connectivity index (χ1n) is 11.0. The van der Waals surface area contributed by atoms with Crippen LogP contribution in [0.15, 0.2) is 54.6 Å². The van der Waals surface area contributed by atoms with Gasteiger partial charge in [-0.05, 0) is 88.6 Å². The number of hydrogen-bond donors (Lipinski definition) is 3. The highest BCUT2D eigenvalue weighted by atomic mass is 127. The molecule has 4 nitrogen and oxygen atoms in total. The highest BCUT2D eigenvalue weighted by Gasteiger charge is 2.29. The molecule has 0 radical (unpaired) electrons. The molecule has 2 atom stereocenters. The molecule has 1 amide bonds. The lowest BCUT2D eigenvalue weighted by Crippen LogP contribution is -2.31. The van der Waals surface area contributed by atoms with E-state index in [1.807, 2.05) is 25.1 Å². The number of carbonyl (C=O) groups excluding carboxylic acids is 1. The molecular weight excluding hydrogens is 511 g/mol. The van der Waals surface area contributed by atoms with Crippen LogP contribution in [0.5, 0.6) is 0 Å². The average Bonchev–Trinajstić information content (AvgIpc) is 2.81. The Morgan fingerprint density at radius 2 is 1.91 bits per heavy atom. The molecule has 1 aliphatic carbocycles. The topological polar surface area (TPSA) is 75.3 Å². The van der Waals surface area contributed by atoms with Crippen molar-refractivity contribution in [2.45, 2.75) is 39.7 Å². The third-order valence-electron chi connectivity index (χ3n) is 6.63. The first kappa shape index (κ1) is 22.8. The third-order valence-corrected chi connectivity index (χ3v) is 7.75. The Bertz CT molecular complexity index is 1140. The molecule has 0 saturated carbocycles. The molecule has 2 unspecified atom stereocenters. The maximum atomic E-state index is 13.2. The molecule has 3 aromatic rings. The molecule has 5 heteroatoms. The Hall–Kier alpha value is -2.38. The molecule has 0 heterocycles. The lowest BCUT2D eigenvalue weighted by Gasteiger charge is -2.29. The van der Waals surface area contributed by atoms with Crippen molar-refractivity contribution >= 4 is 39.9 Å². The number of amides is 1. The van der Waals surface area contributed by atoms with Crippen molar-refractivity contribution in [2.75, 3.05) is 11.1 Å². The highest BCUT2D eigenvalue weighted by molar-refractivity contribution is 14.1. The minimum atomic E-state index is -0.140. The highest BCUT2D eigenvalue weighted by Crippen LogP contribution is 2.36. The van der Waals surface area contributed by atoms with Crippen LogP contribution < -0.4 is 11.1 Å². The van der Waals surface area contributed by atoms with Gasteiger partial charge < -0.3 is 16.2 Å². The number of fused-ring (bicyclic) bond motifs is 1. The van der Waals surface area contributed by atoms with Crippen LogP contribution >= 0.6 is 22.6 Å². The van der Waals surface area contributed by atoms with E-state index in [-0.39, 0.29) is 24.3 Å². The molecule has 1 aliphatic rings. The van der Waals surface area contributed by atoms with Gasteiger partial charge in [-0.2, -0.15) is 0 Å². The second kappa shape index (κ2) is 9.63. The smallest absolute Gasteiger partial charge is 0.227 e. The van der Waals surface area contributed by atoms with Crippen molar-refractivity contribution in [3.8, 4) is 11.1 Å². The third kappa shape index (κ3) is 4.69. The van der Waals surface area contributed by atoms with Gasteiger partial charge in [-0.15, -0.1) is 0 Å². The molecule has 0 fully saturated rings. The molecular formula is C27H29IN2O2. The van der Waals surface area contributed by atoms with Gasteiger partial charge in [-0.3, -0.25) is 4.79 Å². The standard InChI is InChI=1S/C27H29IN2O2/c1-16-3-6-20(7-4-16)23-11-12-24(29)26(25(23)28)30-27(32)17(2)21-10-9-19-8-5-18(15-31)13-22(19)14-21/h3-8,11-13,17,21,31H,9-10,14-15,29H2,1-2H3,(H,30,32). The fourth-order valence-corrected chi connectivity index (χ4v) is 5.43. The van der Waals surface area contributed by atoms with Gasteiger partial charge in [0.05, 0.1) is 18.0 Å². The average molecular weight is 540 g/mol. The number of anilines is 2. The van der Waals surface area contributed by atoms with Crippen LogP contribution in [0.25, 0.3) is 11.1 Å². The summed E-state index contributed by atoms with van der Waals surface area (Å²) < 4.78 is 0.952. The van der Waals surface area contributed by atoms with Gasteiger partial charge in [-0.25, -0.2) is 0 Å². The van der Waals surface area contributed by atoms with Crippen molar-refractivity contribution in [3.05, 3.63) is 80.4 Å². The van der Waals surface area contributed by atoms with E-state index in [0.29, 0.717) is 11.4 Å². The van der Waals surface area contributed by atoms with Crippen LogP contribution in [-0.2, 0) is 24.2 Å². The zero-order chi connectivity index (χ0) is 22.8. The van der Waals surface area contributed by atoms with Crippen LogP contribution in [-0.4, -0.2) is 11.0 Å². The Morgan fingerprint density at radius 1 is 1.16 bits per heavy atom. The van der Waals surface area contributed by atoms with Gasteiger partial charge in [0.25, 0.3) is 0 Å². The van der Waals surface area contributed by atoms with Gasteiger partial charge in [0, 0.05) is 9.49 Å². The first-order chi connectivity index (χ1) is 15.4. The molecule has 0 aliphatic heterocycles. The molecule has 0 bridgehead atoms. The van der Waals surface area contributed by atoms with E-state index in [4.69, 9.17) is 5.73 Å². The van der Waals surface area contributed by atoms with Gasteiger partial charge in [0.2, 0.25) is 5.91 Å². The van der Waals surface area contributed by atoms with Gasteiger partial charge >= 0.3 is 0 Å². The monoisotopic (exact) mass is 540 g/mol. The molecule has 0 saturated heterocycles. The largest absolute Gasteiger partial charge is 0.397 e. The van der Waals surface area contributed by atoms with Crippen molar-refractivity contribution in [1.82, 2.24) is 0 Å². The van der Waals surface area contributed by atoms with Crippen molar-refractivity contribution in [3.63, 3.8) is 0 Å². The van der Waals surface area contributed by atoms with Crippen molar-refractivity contribution in [2.24, 2.45) is 11.8 Å². The minimum Gasteiger partial charge on any atom is -0.397 e. The van der Waals surface area contributed by atoms with Gasteiger partial charge in [-0.1, -0.05) is 61.0 Å². The summed E-state index contributed by atoms with van der Waals surface area (Å²) in [5.41, 5.74) is 14.4. The van der Waals surface area contributed by atoms with E-state index in [2.05, 4.69) is 71.2 Å². The normalized spacial score (nSPS) is 16.3. The van der Waals surface area contributed by atoms with E-state index in [1.54, 1.807) is 0 Å². The van der Waals surface area contributed by atoms with E-state index >= 15 is 0 Å². The lowest BCUT2D eigenvalue weighted by atomic mass is 9.77. The summed E-state index contributed by atoms with van der Waals surface area (Å²) in [4.78, 5) is 13.2. The van der Waals surface area contributed by atoms with Crippen LogP contribution in [0.1, 0.15) is 35.6 Å². The van der Waals surface area contributed by atoms with Crippen LogP contribution in [0.3, 0.4) is 0 Å². The van der Waals surface area contributed by atoms with Crippen LogP contribution in [0.2, 0.25) is 0 Å². The summed E-state index contributed by atoms with van der Waals surface area (Å²) in [6, 6.07) is 18.4. The molecule has 4 rings (SSSR count). The Kier molecular flexibility index (Phi) is 6.86. The number of aliphatic hydroxyl groups is 1. The predicted octanol–water partition coefficient (Wildman–Crippen LogP) is 5.72. The van der Waals surface area contributed by atoms with Crippen molar-refractivity contribution in [1.29, 1.82) is 0 Å². The second-order valence-corrected chi connectivity index (χ2v) is 9.88. The fraction of sp³-hybridized carbons (Fsp3) is 0.296. The number of aryl methyl sites for hydroxylation is 2. The van der Waals surface area contributed by atoms with Crippen molar-refractivity contribution < 1.29 is 9.90 Å². The number of halogens is 1. The number of rotatable bonds is 5. The summed E-state index contributed by atoms with van der Waals surface area (Å²) in [6.07, 6.45) is 2.80. The van der Waals surface area contributed by atoms with Crippen LogP contribution in [0, 0.1) is 22.3 Å². The van der Waals surface area contributed by atoms with Gasteiger partial charge in [0.1, 0.15) is 0 Å². The van der Waals surface area contributed by atoms with E-state index in [1.165, 1.54) is 16.7 Å². The van der Waals surface area contributed by atoms with Gasteiger partial charge in [0.15, 0.2) is 0 Å². The summed E-state index contributed by atoms with van der Waals surface area (Å²) >= 11 is 2.28. The summed E-state index contributed by atoms with van der Waals surface area (Å²) in [7, 11) is 0. The quantitative estimate of drug-likeness (QED) is 0.286. The first-order valence-corrected chi connectivity index (χ1v) is 12.1. The maximum Gasteiger partial charge on any atom is 0.227 e. The van der Waals surface area contributed by atoms with E-state index in [9.17, 15) is 9.90 Å². The van der Waals surface area contributed by atoms with Crippen LogP contribution in [0.4, 0.5) is 11.4 Å². The molecule has 3 aromatic carbocycles. The molecule has 4 N–H and O–H groups in total.